The van der Waals surface area contributed by atoms with Crippen LogP contribution in [0, 0.1) is 0 Å². The van der Waals surface area contributed by atoms with E-state index in [0.29, 0.717) is 30.3 Å². The summed E-state index contributed by atoms with van der Waals surface area (Å²) in [5.74, 6) is -2.47. The molecular weight excluding hydrogens is 520 g/mol. The SMILES string of the molecule is CC(C)(C)OC(=O)NCCCn1cnc(-c2ccc(OCC(ON3C(=O)c4ccccc4C3=O)C(=O)O)cc2)c1. The van der Waals surface area contributed by atoms with Crippen molar-refractivity contribution in [3.05, 3.63) is 72.2 Å². The first-order chi connectivity index (χ1) is 19.0. The number of rotatable bonds is 11. The molecule has 2 heterocycles. The van der Waals surface area contributed by atoms with Crippen LogP contribution in [-0.2, 0) is 20.9 Å². The van der Waals surface area contributed by atoms with Gasteiger partial charge >= 0.3 is 12.1 Å². The van der Waals surface area contributed by atoms with Crippen LogP contribution >= 0.6 is 0 Å². The Bertz CT molecular complexity index is 1360. The van der Waals surface area contributed by atoms with Crippen molar-refractivity contribution < 1.29 is 38.6 Å². The van der Waals surface area contributed by atoms with E-state index in [0.717, 1.165) is 11.3 Å². The predicted molar refractivity (Wildman–Crippen MR) is 141 cm³/mol. The molecule has 0 saturated carbocycles. The lowest BCUT2D eigenvalue weighted by Crippen LogP contribution is -2.41. The van der Waals surface area contributed by atoms with Crippen LogP contribution in [0.3, 0.4) is 0 Å². The van der Waals surface area contributed by atoms with Gasteiger partial charge in [0, 0.05) is 24.8 Å². The summed E-state index contributed by atoms with van der Waals surface area (Å²) in [6.45, 7) is 6.09. The van der Waals surface area contributed by atoms with Crippen molar-refractivity contribution in [2.75, 3.05) is 13.2 Å². The first-order valence-electron chi connectivity index (χ1n) is 12.6. The van der Waals surface area contributed by atoms with E-state index in [1.807, 2.05) is 10.8 Å². The number of amides is 3. The van der Waals surface area contributed by atoms with Gasteiger partial charge in [-0.05, 0) is 63.6 Å². The maximum atomic E-state index is 12.5. The van der Waals surface area contributed by atoms with Gasteiger partial charge in [-0.25, -0.2) is 19.4 Å². The van der Waals surface area contributed by atoms with Crippen LogP contribution in [0.25, 0.3) is 11.3 Å². The number of hydrogen-bond acceptors (Lipinski definition) is 8. The summed E-state index contributed by atoms with van der Waals surface area (Å²) in [6.07, 6.45) is 2.21. The van der Waals surface area contributed by atoms with Gasteiger partial charge in [0.25, 0.3) is 11.8 Å². The lowest BCUT2D eigenvalue weighted by atomic mass is 10.1. The number of carbonyl (C=O) groups excluding carboxylic acids is 3. The molecule has 210 valence electrons. The number of fused-ring (bicyclic) bond motifs is 1. The van der Waals surface area contributed by atoms with Crippen molar-refractivity contribution >= 4 is 23.9 Å². The number of benzene rings is 2. The molecule has 2 N–H and O–H groups in total. The molecule has 12 heteroatoms. The largest absolute Gasteiger partial charge is 0.490 e. The molecule has 40 heavy (non-hydrogen) atoms. The average Bonchev–Trinajstić information content (AvgIpc) is 3.47. The summed E-state index contributed by atoms with van der Waals surface area (Å²) < 4.78 is 12.7. The number of ether oxygens (including phenoxy) is 2. The predicted octanol–water partition coefficient (Wildman–Crippen LogP) is 3.52. The van der Waals surface area contributed by atoms with Crippen LogP contribution < -0.4 is 10.1 Å². The third-order valence-electron chi connectivity index (χ3n) is 5.71. The summed E-state index contributed by atoms with van der Waals surface area (Å²) in [6, 6.07) is 13.0. The van der Waals surface area contributed by atoms with Gasteiger partial charge in [-0.15, -0.1) is 5.06 Å². The number of aliphatic carboxylic acids is 1. The van der Waals surface area contributed by atoms with Crippen LogP contribution in [0.4, 0.5) is 4.79 Å². The highest BCUT2D eigenvalue weighted by Gasteiger charge is 2.39. The molecule has 1 aliphatic rings. The Kier molecular flexibility index (Phi) is 8.49. The second kappa shape index (κ2) is 12.0. The summed E-state index contributed by atoms with van der Waals surface area (Å²) >= 11 is 0. The summed E-state index contributed by atoms with van der Waals surface area (Å²) in [7, 11) is 0. The number of imide groups is 1. The molecule has 2 aromatic carbocycles. The van der Waals surface area contributed by atoms with Crippen molar-refractivity contribution in [3.8, 4) is 17.0 Å². The number of aryl methyl sites for hydroxylation is 1. The lowest BCUT2D eigenvalue weighted by Gasteiger charge is -2.19. The quantitative estimate of drug-likeness (QED) is 0.270. The highest BCUT2D eigenvalue weighted by Crippen LogP contribution is 2.24. The van der Waals surface area contributed by atoms with Crippen molar-refractivity contribution in [1.82, 2.24) is 19.9 Å². The van der Waals surface area contributed by atoms with Gasteiger partial charge in [0.2, 0.25) is 6.10 Å². The zero-order valence-electron chi connectivity index (χ0n) is 22.3. The van der Waals surface area contributed by atoms with E-state index in [2.05, 4.69) is 10.3 Å². The molecule has 1 aromatic heterocycles. The molecule has 12 nitrogen and oxygen atoms in total. The third-order valence-corrected chi connectivity index (χ3v) is 5.71. The van der Waals surface area contributed by atoms with E-state index in [4.69, 9.17) is 14.3 Å². The fourth-order valence-corrected chi connectivity index (χ4v) is 3.83. The number of carbonyl (C=O) groups is 4. The van der Waals surface area contributed by atoms with Crippen molar-refractivity contribution in [2.24, 2.45) is 0 Å². The van der Waals surface area contributed by atoms with E-state index < -0.39 is 42.2 Å². The van der Waals surface area contributed by atoms with Gasteiger partial charge in [-0.1, -0.05) is 12.1 Å². The van der Waals surface area contributed by atoms with E-state index in [-0.39, 0.29) is 11.1 Å². The molecule has 3 aromatic rings. The van der Waals surface area contributed by atoms with Gasteiger partial charge in [-0.3, -0.25) is 9.59 Å². The maximum Gasteiger partial charge on any atom is 0.407 e. The average molecular weight is 551 g/mol. The zero-order chi connectivity index (χ0) is 28.9. The number of imidazole rings is 1. The van der Waals surface area contributed by atoms with Crippen LogP contribution in [0.15, 0.2) is 61.1 Å². The molecular formula is C28H30N4O8. The molecule has 3 amide bonds. The van der Waals surface area contributed by atoms with Crippen LogP contribution in [0.5, 0.6) is 5.75 Å². The number of carboxylic acid groups (broad SMARTS) is 1. The molecule has 0 aliphatic carbocycles. The molecule has 0 saturated heterocycles. The Morgan fingerprint density at radius 1 is 1.02 bits per heavy atom. The van der Waals surface area contributed by atoms with Gasteiger partial charge in [-0.2, -0.15) is 0 Å². The first kappa shape index (κ1) is 28.3. The van der Waals surface area contributed by atoms with E-state index in [9.17, 15) is 24.3 Å². The minimum Gasteiger partial charge on any atom is -0.490 e. The van der Waals surface area contributed by atoms with Crippen molar-refractivity contribution in [2.45, 2.75) is 45.4 Å². The van der Waals surface area contributed by atoms with Crippen LogP contribution in [-0.4, -0.2) is 68.5 Å². The Morgan fingerprint density at radius 3 is 2.27 bits per heavy atom. The number of aromatic nitrogens is 2. The smallest absolute Gasteiger partial charge is 0.407 e. The van der Waals surface area contributed by atoms with Gasteiger partial charge in [0.1, 0.15) is 18.0 Å². The molecule has 0 radical (unpaired) electrons. The minimum atomic E-state index is -1.60. The molecule has 0 spiro atoms. The summed E-state index contributed by atoms with van der Waals surface area (Å²) in [4.78, 5) is 58.0. The van der Waals surface area contributed by atoms with E-state index >= 15 is 0 Å². The first-order valence-corrected chi connectivity index (χ1v) is 12.6. The highest BCUT2D eigenvalue weighted by molar-refractivity contribution is 6.20. The second-order valence-electron chi connectivity index (χ2n) is 10.00. The number of alkyl carbamates (subject to hydrolysis) is 1. The Balaban J connectivity index is 1.27. The minimum absolute atomic E-state index is 0.146. The highest BCUT2D eigenvalue weighted by atomic mass is 16.7. The number of nitrogens with zero attached hydrogens (tertiary/aromatic N) is 3. The zero-order valence-corrected chi connectivity index (χ0v) is 22.3. The lowest BCUT2D eigenvalue weighted by molar-refractivity contribution is -0.178. The fourth-order valence-electron chi connectivity index (χ4n) is 3.83. The molecule has 1 aliphatic heterocycles. The van der Waals surface area contributed by atoms with Crippen molar-refractivity contribution in [1.29, 1.82) is 0 Å². The topological polar surface area (TPSA) is 149 Å². The van der Waals surface area contributed by atoms with Crippen LogP contribution in [0.2, 0.25) is 0 Å². The monoisotopic (exact) mass is 550 g/mol. The molecule has 1 atom stereocenters. The van der Waals surface area contributed by atoms with Gasteiger partial charge < -0.3 is 24.5 Å². The van der Waals surface area contributed by atoms with Gasteiger partial charge in [0.15, 0.2) is 0 Å². The standard InChI is InChI=1S/C28H30N4O8/c1-28(2,3)39-27(37)29-13-6-14-31-15-22(30-17-31)18-9-11-19(12-10-18)38-16-23(26(35)36)40-32-24(33)20-7-4-5-8-21(20)25(32)34/h4-5,7-12,15,17,23H,6,13-14,16H2,1-3H3,(H,29,37)(H,35,36). The molecule has 0 bridgehead atoms. The normalized spacial score (nSPS) is 13.6. The van der Waals surface area contributed by atoms with Crippen LogP contribution in [0.1, 0.15) is 47.9 Å². The third kappa shape index (κ3) is 7.03. The van der Waals surface area contributed by atoms with Crippen molar-refractivity contribution in [3.63, 3.8) is 0 Å². The van der Waals surface area contributed by atoms with E-state index in [1.54, 1.807) is 63.5 Å². The van der Waals surface area contributed by atoms with E-state index in [1.165, 1.54) is 12.1 Å². The maximum absolute atomic E-state index is 12.5. The second-order valence-corrected chi connectivity index (χ2v) is 10.00. The number of hydroxylamine groups is 2. The molecule has 1 unspecified atom stereocenters. The number of carboxylic acids is 1. The molecule has 0 fully saturated rings. The Morgan fingerprint density at radius 2 is 1.68 bits per heavy atom. The Hall–Kier alpha value is -4.71. The molecule has 4 rings (SSSR count). The Labute approximate surface area is 230 Å². The summed E-state index contributed by atoms with van der Waals surface area (Å²) in [5, 5.41) is 12.7. The number of hydrogen-bond donors (Lipinski definition) is 2. The van der Waals surface area contributed by atoms with Gasteiger partial charge in [0.05, 0.1) is 23.1 Å². The summed E-state index contributed by atoms with van der Waals surface area (Å²) in [5.41, 5.74) is 1.29. The fraction of sp³-hybridized carbons (Fsp3) is 0.321. The number of nitrogens with one attached hydrogen (secondary N) is 1.